The maximum atomic E-state index is 5.85. The van der Waals surface area contributed by atoms with Gasteiger partial charge >= 0.3 is 0 Å². The van der Waals surface area contributed by atoms with Gasteiger partial charge < -0.3 is 15.4 Å². The van der Waals surface area contributed by atoms with E-state index >= 15 is 0 Å². The van der Waals surface area contributed by atoms with Crippen molar-refractivity contribution in [2.24, 2.45) is 0 Å². The Bertz CT molecular complexity index is 508. The molecule has 2 N–H and O–H groups in total. The Labute approximate surface area is 100 Å². The smallest absolute Gasteiger partial charge is 0.138 e. The lowest BCUT2D eigenvalue weighted by molar-refractivity contribution is 0.263. The summed E-state index contributed by atoms with van der Waals surface area (Å²) in [6.45, 7) is 1.46. The fraction of sp³-hybridized carbons (Fsp3) is 0.333. The molecule has 5 heteroatoms. The molecule has 0 spiro atoms. The predicted molar refractivity (Wildman–Crippen MR) is 68.0 cm³/mol. The molecule has 90 valence electrons. The van der Waals surface area contributed by atoms with Crippen LogP contribution in [0.25, 0.3) is 10.9 Å². The first kappa shape index (κ1) is 11.6. The van der Waals surface area contributed by atoms with Crippen molar-refractivity contribution in [3.8, 4) is 5.75 Å². The number of benzene rings is 1. The van der Waals surface area contributed by atoms with Gasteiger partial charge in [-0.25, -0.2) is 9.97 Å². The number of rotatable bonds is 4. The molecule has 0 radical (unpaired) electrons. The number of nitrogen functional groups attached to an aromatic ring is 1. The Morgan fingerprint density at radius 2 is 2.12 bits per heavy atom. The van der Waals surface area contributed by atoms with Crippen LogP contribution in [0, 0.1) is 0 Å². The van der Waals surface area contributed by atoms with E-state index in [9.17, 15) is 0 Å². The van der Waals surface area contributed by atoms with Gasteiger partial charge in [0.15, 0.2) is 0 Å². The van der Waals surface area contributed by atoms with Crippen LogP contribution in [0.2, 0.25) is 0 Å². The molecule has 0 fully saturated rings. The lowest BCUT2D eigenvalue weighted by Crippen LogP contribution is -2.19. The van der Waals surface area contributed by atoms with E-state index in [0.29, 0.717) is 12.4 Å². The summed E-state index contributed by atoms with van der Waals surface area (Å²) >= 11 is 0. The Balaban J connectivity index is 2.27. The maximum absolute atomic E-state index is 5.85. The highest BCUT2D eigenvalue weighted by Gasteiger charge is 2.07. The average Bonchev–Trinajstić information content (AvgIpc) is 2.29. The first-order valence-corrected chi connectivity index (χ1v) is 5.45. The highest BCUT2D eigenvalue weighted by atomic mass is 16.5. The molecular formula is C12H16N4O. The van der Waals surface area contributed by atoms with Gasteiger partial charge in [-0.3, -0.25) is 0 Å². The largest absolute Gasteiger partial charge is 0.491 e. The third-order valence-corrected chi connectivity index (χ3v) is 2.45. The molecule has 1 aromatic heterocycles. The lowest BCUT2D eigenvalue weighted by Gasteiger charge is -2.12. The van der Waals surface area contributed by atoms with Crippen molar-refractivity contribution in [3.05, 3.63) is 24.5 Å². The number of nitrogens with zero attached hydrogens (tertiary/aromatic N) is 3. The number of fused-ring (bicyclic) bond motifs is 1. The SMILES string of the molecule is CN(C)CCOc1cccc2ncnc(N)c12. The normalized spacial score (nSPS) is 11.0. The molecule has 0 amide bonds. The molecule has 0 aliphatic rings. The van der Waals surface area contributed by atoms with Gasteiger partial charge in [0.2, 0.25) is 0 Å². The topological polar surface area (TPSA) is 64.3 Å². The van der Waals surface area contributed by atoms with Gasteiger partial charge in [0.05, 0.1) is 10.9 Å². The lowest BCUT2D eigenvalue weighted by atomic mass is 10.2. The maximum Gasteiger partial charge on any atom is 0.138 e. The zero-order chi connectivity index (χ0) is 12.3. The summed E-state index contributed by atoms with van der Waals surface area (Å²) in [6, 6.07) is 5.68. The van der Waals surface area contributed by atoms with Gasteiger partial charge in [-0.2, -0.15) is 0 Å². The van der Waals surface area contributed by atoms with Crippen LogP contribution in [0.1, 0.15) is 0 Å². The first-order valence-electron chi connectivity index (χ1n) is 5.45. The van der Waals surface area contributed by atoms with Crippen LogP contribution in [-0.4, -0.2) is 42.1 Å². The molecule has 0 saturated carbocycles. The van der Waals surface area contributed by atoms with E-state index in [0.717, 1.165) is 23.2 Å². The summed E-state index contributed by atoms with van der Waals surface area (Å²) < 4.78 is 5.71. The van der Waals surface area contributed by atoms with Crippen molar-refractivity contribution in [3.63, 3.8) is 0 Å². The highest BCUT2D eigenvalue weighted by molar-refractivity contribution is 5.93. The van der Waals surface area contributed by atoms with E-state index in [2.05, 4.69) is 14.9 Å². The van der Waals surface area contributed by atoms with Crippen LogP contribution in [0.15, 0.2) is 24.5 Å². The van der Waals surface area contributed by atoms with E-state index in [1.165, 1.54) is 6.33 Å². The van der Waals surface area contributed by atoms with Gasteiger partial charge in [0, 0.05) is 6.54 Å². The number of aromatic nitrogens is 2. The zero-order valence-electron chi connectivity index (χ0n) is 10.1. The molecule has 2 rings (SSSR count). The van der Waals surface area contributed by atoms with E-state index in [1.807, 2.05) is 32.3 Å². The molecule has 17 heavy (non-hydrogen) atoms. The Kier molecular flexibility index (Phi) is 3.39. The number of hydrogen-bond donors (Lipinski definition) is 1. The van der Waals surface area contributed by atoms with Crippen molar-refractivity contribution in [2.45, 2.75) is 0 Å². The minimum Gasteiger partial charge on any atom is -0.491 e. The van der Waals surface area contributed by atoms with Gasteiger partial charge in [0.1, 0.15) is 24.5 Å². The first-order chi connectivity index (χ1) is 8.18. The molecule has 0 saturated heterocycles. The van der Waals surface area contributed by atoms with Crippen LogP contribution in [-0.2, 0) is 0 Å². The second-order valence-electron chi connectivity index (χ2n) is 4.06. The Morgan fingerprint density at radius 1 is 1.29 bits per heavy atom. The van der Waals surface area contributed by atoms with Crippen LogP contribution < -0.4 is 10.5 Å². The molecular weight excluding hydrogens is 216 g/mol. The van der Waals surface area contributed by atoms with E-state index < -0.39 is 0 Å². The van der Waals surface area contributed by atoms with Gasteiger partial charge in [-0.05, 0) is 26.2 Å². The predicted octanol–water partition coefficient (Wildman–Crippen LogP) is 1.15. The van der Waals surface area contributed by atoms with Crippen molar-refractivity contribution in [1.29, 1.82) is 0 Å². The van der Waals surface area contributed by atoms with Crippen LogP contribution in [0.5, 0.6) is 5.75 Å². The number of likely N-dealkylation sites (N-methyl/N-ethyl adjacent to an activating group) is 1. The molecule has 5 nitrogen and oxygen atoms in total. The minimum absolute atomic E-state index is 0.454. The van der Waals surface area contributed by atoms with Crippen molar-refractivity contribution in [2.75, 3.05) is 33.0 Å². The number of ether oxygens (including phenoxy) is 1. The van der Waals surface area contributed by atoms with Crippen molar-refractivity contribution < 1.29 is 4.74 Å². The van der Waals surface area contributed by atoms with Crippen molar-refractivity contribution in [1.82, 2.24) is 14.9 Å². The summed E-state index contributed by atoms with van der Waals surface area (Å²) in [7, 11) is 4.01. The summed E-state index contributed by atoms with van der Waals surface area (Å²) in [4.78, 5) is 10.2. The van der Waals surface area contributed by atoms with Crippen LogP contribution >= 0.6 is 0 Å². The molecule has 0 aliphatic heterocycles. The Morgan fingerprint density at radius 3 is 2.88 bits per heavy atom. The standard InChI is InChI=1S/C12H16N4O/c1-16(2)6-7-17-10-5-3-4-9-11(10)12(13)15-8-14-9/h3-5,8H,6-7H2,1-2H3,(H2,13,14,15). The quantitative estimate of drug-likeness (QED) is 0.856. The highest BCUT2D eigenvalue weighted by Crippen LogP contribution is 2.27. The van der Waals surface area contributed by atoms with E-state index in [4.69, 9.17) is 10.5 Å². The molecule has 0 atom stereocenters. The zero-order valence-corrected chi connectivity index (χ0v) is 10.1. The van der Waals surface area contributed by atoms with Crippen LogP contribution in [0.4, 0.5) is 5.82 Å². The molecule has 0 bridgehead atoms. The average molecular weight is 232 g/mol. The Hall–Kier alpha value is -1.88. The third kappa shape index (κ3) is 2.62. The van der Waals surface area contributed by atoms with Crippen LogP contribution in [0.3, 0.4) is 0 Å². The minimum atomic E-state index is 0.454. The second kappa shape index (κ2) is 4.97. The summed E-state index contributed by atoms with van der Waals surface area (Å²) in [5, 5.41) is 0.786. The number of nitrogens with two attached hydrogens (primary N) is 1. The summed E-state index contributed by atoms with van der Waals surface area (Å²) in [6.07, 6.45) is 1.46. The second-order valence-corrected chi connectivity index (χ2v) is 4.06. The van der Waals surface area contributed by atoms with Gasteiger partial charge in [-0.15, -0.1) is 0 Å². The molecule has 0 aliphatic carbocycles. The fourth-order valence-corrected chi connectivity index (χ4v) is 1.56. The third-order valence-electron chi connectivity index (χ3n) is 2.45. The molecule has 0 unspecified atom stereocenters. The summed E-state index contributed by atoms with van der Waals surface area (Å²) in [5.74, 6) is 1.19. The monoisotopic (exact) mass is 232 g/mol. The molecule has 1 heterocycles. The van der Waals surface area contributed by atoms with Gasteiger partial charge in [0.25, 0.3) is 0 Å². The fourth-order valence-electron chi connectivity index (χ4n) is 1.56. The van der Waals surface area contributed by atoms with Crippen molar-refractivity contribution >= 4 is 16.7 Å². The molecule has 2 aromatic rings. The molecule has 1 aromatic carbocycles. The van der Waals surface area contributed by atoms with E-state index in [-0.39, 0.29) is 0 Å². The number of hydrogen-bond acceptors (Lipinski definition) is 5. The van der Waals surface area contributed by atoms with Gasteiger partial charge in [-0.1, -0.05) is 6.07 Å². The van der Waals surface area contributed by atoms with E-state index in [1.54, 1.807) is 0 Å². The summed E-state index contributed by atoms with van der Waals surface area (Å²) in [5.41, 5.74) is 6.65. The number of anilines is 1.